The number of amides is 1. The third-order valence-electron chi connectivity index (χ3n) is 8.03. The van der Waals surface area contributed by atoms with E-state index in [1.54, 1.807) is 0 Å². The van der Waals surface area contributed by atoms with Gasteiger partial charge in [0.2, 0.25) is 5.91 Å². The van der Waals surface area contributed by atoms with Gasteiger partial charge in [0.25, 0.3) is 0 Å². The number of carbonyl (C=O) groups excluding carboxylic acids is 1. The van der Waals surface area contributed by atoms with Gasteiger partial charge in [0.05, 0.1) is 19.8 Å². The van der Waals surface area contributed by atoms with E-state index in [9.17, 15) is 4.79 Å². The smallest absolute Gasteiger partial charge is 0.236 e. The summed E-state index contributed by atoms with van der Waals surface area (Å²) in [6, 6.07) is 5.60. The van der Waals surface area contributed by atoms with Crippen LogP contribution in [0.5, 0.6) is 0 Å². The molecule has 6 nitrogen and oxygen atoms in total. The highest BCUT2D eigenvalue weighted by atomic mass is 16.5. The van der Waals surface area contributed by atoms with E-state index < -0.39 is 0 Å². The van der Waals surface area contributed by atoms with Crippen LogP contribution in [0.15, 0.2) is 24.5 Å². The number of rotatable bonds is 4. The van der Waals surface area contributed by atoms with Crippen LogP contribution in [-0.2, 0) is 9.53 Å². The summed E-state index contributed by atoms with van der Waals surface area (Å²) in [5, 5.41) is 0. The molecule has 164 valence electrons. The fraction of sp³-hybridized carbons (Fsp3) is 0.750. The Labute approximate surface area is 180 Å². The van der Waals surface area contributed by atoms with Crippen LogP contribution in [0.2, 0.25) is 0 Å². The quantitative estimate of drug-likeness (QED) is 0.761. The number of ether oxygens (including phenoxy) is 1. The number of aromatic nitrogens is 1. The first kappa shape index (κ1) is 20.4. The minimum Gasteiger partial charge on any atom is -0.379 e. The summed E-state index contributed by atoms with van der Waals surface area (Å²) in [6.45, 7) is 6.87. The zero-order valence-electron chi connectivity index (χ0n) is 18.2. The number of hydrogen-bond donors (Lipinski definition) is 0. The Morgan fingerprint density at radius 2 is 1.73 bits per heavy atom. The second-order valence-electron chi connectivity index (χ2n) is 9.78. The monoisotopic (exact) mass is 412 g/mol. The second kappa shape index (κ2) is 8.93. The van der Waals surface area contributed by atoms with Gasteiger partial charge in [-0.05, 0) is 43.4 Å². The molecule has 0 aromatic carbocycles. The Balaban J connectivity index is 1.20. The number of piperidine rings is 1. The Hall–Kier alpha value is -1.50. The first-order valence-electron chi connectivity index (χ1n) is 12.0. The third-order valence-corrected chi connectivity index (χ3v) is 8.03. The van der Waals surface area contributed by atoms with E-state index in [0.717, 1.165) is 52.2 Å². The van der Waals surface area contributed by atoms with Crippen molar-refractivity contribution >= 4 is 5.91 Å². The number of pyridine rings is 1. The molecule has 4 heterocycles. The first-order valence-corrected chi connectivity index (χ1v) is 12.0. The summed E-state index contributed by atoms with van der Waals surface area (Å²) in [4.78, 5) is 24.1. The van der Waals surface area contributed by atoms with Gasteiger partial charge >= 0.3 is 0 Å². The lowest BCUT2D eigenvalue weighted by molar-refractivity contribution is -0.144. The van der Waals surface area contributed by atoms with Crippen molar-refractivity contribution in [3.63, 3.8) is 0 Å². The van der Waals surface area contributed by atoms with Crippen LogP contribution >= 0.6 is 0 Å². The van der Waals surface area contributed by atoms with E-state index in [-0.39, 0.29) is 0 Å². The molecule has 1 unspecified atom stereocenters. The summed E-state index contributed by atoms with van der Waals surface area (Å²) in [6.07, 6.45) is 13.0. The van der Waals surface area contributed by atoms with Gasteiger partial charge in [-0.25, -0.2) is 0 Å². The third kappa shape index (κ3) is 4.02. The van der Waals surface area contributed by atoms with Crippen LogP contribution < -0.4 is 0 Å². The molecular formula is C24H36N4O2. The SMILES string of the molecule is O=C(CN1CCOCC1)N1CCC(N2CC3(CCCCC3)C2c2ccncc2)CC1. The van der Waals surface area contributed by atoms with Gasteiger partial charge in [-0.2, -0.15) is 0 Å². The number of nitrogens with zero attached hydrogens (tertiary/aromatic N) is 4. The molecule has 4 fully saturated rings. The van der Waals surface area contributed by atoms with Gasteiger partial charge in [0.15, 0.2) is 0 Å². The molecule has 5 rings (SSSR count). The molecule has 30 heavy (non-hydrogen) atoms. The molecule has 1 aromatic heterocycles. The highest BCUT2D eigenvalue weighted by Gasteiger charge is 2.55. The van der Waals surface area contributed by atoms with Gasteiger partial charge in [0.1, 0.15) is 0 Å². The van der Waals surface area contributed by atoms with Gasteiger partial charge in [0, 0.05) is 62.6 Å². The zero-order chi connectivity index (χ0) is 20.4. The molecule has 3 saturated heterocycles. The summed E-state index contributed by atoms with van der Waals surface area (Å²) >= 11 is 0. The van der Waals surface area contributed by atoms with Crippen molar-refractivity contribution in [1.29, 1.82) is 0 Å². The van der Waals surface area contributed by atoms with Crippen LogP contribution in [0, 0.1) is 5.41 Å². The summed E-state index contributed by atoms with van der Waals surface area (Å²) < 4.78 is 5.40. The van der Waals surface area contributed by atoms with Crippen molar-refractivity contribution in [3.8, 4) is 0 Å². The molecule has 1 aromatic rings. The fourth-order valence-corrected chi connectivity index (χ4v) is 6.40. The van der Waals surface area contributed by atoms with Gasteiger partial charge in [-0.3, -0.25) is 19.6 Å². The van der Waals surface area contributed by atoms with E-state index in [0.29, 0.717) is 30.0 Å². The van der Waals surface area contributed by atoms with E-state index in [2.05, 4.69) is 31.8 Å². The summed E-state index contributed by atoms with van der Waals surface area (Å²) in [5.74, 6) is 0.299. The van der Waals surface area contributed by atoms with Gasteiger partial charge in [-0.1, -0.05) is 19.3 Å². The molecule has 1 spiro atoms. The van der Waals surface area contributed by atoms with Crippen molar-refractivity contribution in [2.24, 2.45) is 5.41 Å². The van der Waals surface area contributed by atoms with Crippen molar-refractivity contribution < 1.29 is 9.53 Å². The Morgan fingerprint density at radius 3 is 2.43 bits per heavy atom. The minimum atomic E-state index is 0.299. The van der Waals surface area contributed by atoms with Crippen LogP contribution in [0.1, 0.15) is 56.6 Å². The lowest BCUT2D eigenvalue weighted by Gasteiger charge is -2.63. The van der Waals surface area contributed by atoms with Crippen molar-refractivity contribution in [2.75, 3.05) is 52.5 Å². The molecule has 1 amide bonds. The first-order chi connectivity index (χ1) is 14.8. The number of morpholine rings is 1. The Kier molecular flexibility index (Phi) is 6.07. The number of likely N-dealkylation sites (tertiary alicyclic amines) is 2. The topological polar surface area (TPSA) is 48.9 Å². The second-order valence-corrected chi connectivity index (χ2v) is 9.78. The molecule has 4 aliphatic rings. The van der Waals surface area contributed by atoms with Crippen molar-refractivity contribution in [1.82, 2.24) is 19.7 Å². The molecule has 0 radical (unpaired) electrons. The van der Waals surface area contributed by atoms with Gasteiger partial charge in [-0.15, -0.1) is 0 Å². The molecular weight excluding hydrogens is 376 g/mol. The molecule has 0 bridgehead atoms. The van der Waals surface area contributed by atoms with Crippen LogP contribution in [0.4, 0.5) is 0 Å². The Morgan fingerprint density at radius 1 is 1.03 bits per heavy atom. The Bertz CT molecular complexity index is 707. The molecule has 1 saturated carbocycles. The fourth-order valence-electron chi connectivity index (χ4n) is 6.40. The number of hydrogen-bond acceptors (Lipinski definition) is 5. The van der Waals surface area contributed by atoms with Crippen LogP contribution in [0.25, 0.3) is 0 Å². The lowest BCUT2D eigenvalue weighted by atomic mass is 9.60. The van der Waals surface area contributed by atoms with Crippen molar-refractivity contribution in [3.05, 3.63) is 30.1 Å². The minimum absolute atomic E-state index is 0.299. The maximum absolute atomic E-state index is 12.8. The summed E-state index contributed by atoms with van der Waals surface area (Å²) in [7, 11) is 0. The maximum Gasteiger partial charge on any atom is 0.236 e. The highest BCUT2D eigenvalue weighted by Crippen LogP contribution is 2.58. The van der Waals surface area contributed by atoms with E-state index >= 15 is 0 Å². The molecule has 1 atom stereocenters. The van der Waals surface area contributed by atoms with Crippen LogP contribution in [-0.4, -0.2) is 84.1 Å². The summed E-state index contributed by atoms with van der Waals surface area (Å²) in [5.41, 5.74) is 1.92. The van der Waals surface area contributed by atoms with E-state index in [1.165, 1.54) is 44.2 Å². The standard InChI is InChI=1S/C24H36N4O2/c29-22(18-26-14-16-30-17-15-26)27-12-6-21(7-13-27)28-19-24(8-2-1-3-9-24)23(28)20-4-10-25-11-5-20/h4-5,10-11,21,23H,1-3,6-9,12-19H2. The lowest BCUT2D eigenvalue weighted by Crippen LogP contribution is -2.64. The van der Waals surface area contributed by atoms with E-state index in [4.69, 9.17) is 4.74 Å². The normalized spacial score (nSPS) is 28.4. The predicted molar refractivity (Wildman–Crippen MR) is 116 cm³/mol. The largest absolute Gasteiger partial charge is 0.379 e. The van der Waals surface area contributed by atoms with E-state index in [1.807, 2.05) is 12.4 Å². The molecule has 3 aliphatic heterocycles. The van der Waals surface area contributed by atoms with Crippen molar-refractivity contribution in [2.45, 2.75) is 57.0 Å². The predicted octanol–water partition coefficient (Wildman–Crippen LogP) is 2.71. The number of carbonyl (C=O) groups is 1. The zero-order valence-corrected chi connectivity index (χ0v) is 18.2. The molecule has 6 heteroatoms. The molecule has 1 aliphatic carbocycles. The van der Waals surface area contributed by atoms with Crippen LogP contribution in [0.3, 0.4) is 0 Å². The highest BCUT2D eigenvalue weighted by molar-refractivity contribution is 5.78. The average Bonchev–Trinajstić information content (AvgIpc) is 2.80. The average molecular weight is 413 g/mol. The van der Waals surface area contributed by atoms with Gasteiger partial charge < -0.3 is 9.64 Å². The molecule has 0 N–H and O–H groups in total. The maximum atomic E-state index is 12.8.